The summed E-state index contributed by atoms with van der Waals surface area (Å²) in [7, 11) is 1.61. The Bertz CT molecular complexity index is 375. The largest absolute Gasteiger partial charge is 0.493 e. The summed E-state index contributed by atoms with van der Waals surface area (Å²) in [6.07, 6.45) is 4.39. The van der Waals surface area contributed by atoms with Crippen molar-refractivity contribution in [2.75, 3.05) is 20.2 Å². The smallest absolute Gasteiger partial charge is 0.162 e. The Balaban J connectivity index is 2.82. The highest BCUT2D eigenvalue weighted by molar-refractivity contribution is 5.30. The van der Waals surface area contributed by atoms with Crippen LogP contribution in [0.25, 0.3) is 0 Å². The summed E-state index contributed by atoms with van der Waals surface area (Å²) < 4.78 is 7.17. The molecular weight excluding hydrogens is 242 g/mol. The third kappa shape index (κ3) is 4.21. The van der Waals surface area contributed by atoms with Gasteiger partial charge in [0, 0.05) is 6.54 Å². The summed E-state index contributed by atoms with van der Waals surface area (Å²) in [6.45, 7) is 8.59. The van der Waals surface area contributed by atoms with Gasteiger partial charge in [-0.15, -0.1) is 0 Å². The molecule has 1 heterocycles. The van der Waals surface area contributed by atoms with E-state index in [2.05, 4.69) is 24.3 Å². The quantitative estimate of drug-likeness (QED) is 0.672. The number of hydrogen-bond acceptors (Lipinski definition) is 4. The number of hydrogen-bond donors (Lipinski definition) is 2. The lowest BCUT2D eigenvalue weighted by Gasteiger charge is -2.25. The zero-order valence-corrected chi connectivity index (χ0v) is 12.6. The van der Waals surface area contributed by atoms with E-state index in [1.807, 2.05) is 11.6 Å². The van der Waals surface area contributed by atoms with E-state index in [1.165, 1.54) is 0 Å². The molecule has 1 atom stereocenters. The van der Waals surface area contributed by atoms with Crippen molar-refractivity contribution in [3.8, 4) is 5.75 Å². The molecule has 1 unspecified atom stereocenters. The van der Waals surface area contributed by atoms with Gasteiger partial charge < -0.3 is 15.2 Å². The minimum atomic E-state index is -0.933. The number of ether oxygens (including phenoxy) is 1. The molecular formula is C14H27N3O2. The number of nitrogens with zero attached hydrogens (tertiary/aromatic N) is 2. The summed E-state index contributed by atoms with van der Waals surface area (Å²) in [4.78, 5) is 0. The van der Waals surface area contributed by atoms with Gasteiger partial charge in [0.05, 0.1) is 13.3 Å². The third-order valence-corrected chi connectivity index (χ3v) is 3.19. The third-order valence-electron chi connectivity index (χ3n) is 3.19. The first-order chi connectivity index (χ1) is 9.06. The maximum Gasteiger partial charge on any atom is 0.162 e. The first-order valence-corrected chi connectivity index (χ1v) is 7.10. The fourth-order valence-corrected chi connectivity index (χ4v) is 2.19. The van der Waals surface area contributed by atoms with Crippen LogP contribution in [0.15, 0.2) is 6.20 Å². The molecule has 19 heavy (non-hydrogen) atoms. The Kier molecular flexibility index (Phi) is 6.31. The molecule has 0 aliphatic heterocycles. The molecule has 0 bridgehead atoms. The van der Waals surface area contributed by atoms with Gasteiger partial charge in [-0.25, -0.2) is 0 Å². The van der Waals surface area contributed by atoms with Gasteiger partial charge in [-0.3, -0.25) is 4.68 Å². The van der Waals surface area contributed by atoms with E-state index in [4.69, 9.17) is 4.74 Å². The van der Waals surface area contributed by atoms with Crippen molar-refractivity contribution in [3.05, 3.63) is 11.9 Å². The normalized spacial score (nSPS) is 14.4. The molecule has 0 saturated carbocycles. The monoisotopic (exact) mass is 269 g/mol. The lowest BCUT2D eigenvalue weighted by atomic mass is 9.97. The van der Waals surface area contributed by atoms with E-state index < -0.39 is 5.60 Å². The molecule has 5 heteroatoms. The first kappa shape index (κ1) is 16.0. The van der Waals surface area contributed by atoms with Gasteiger partial charge in [-0.2, -0.15) is 5.10 Å². The molecule has 2 N–H and O–H groups in total. The maximum atomic E-state index is 10.7. The predicted molar refractivity (Wildman–Crippen MR) is 76.4 cm³/mol. The van der Waals surface area contributed by atoms with Crippen molar-refractivity contribution < 1.29 is 9.84 Å². The average molecular weight is 269 g/mol. The molecule has 0 saturated heterocycles. The van der Waals surface area contributed by atoms with Crippen molar-refractivity contribution in [1.29, 1.82) is 0 Å². The van der Waals surface area contributed by atoms with Gasteiger partial charge in [-0.05, 0) is 39.3 Å². The van der Waals surface area contributed by atoms with Crippen LogP contribution in [-0.4, -0.2) is 35.1 Å². The number of aliphatic hydroxyl groups is 1. The van der Waals surface area contributed by atoms with E-state index in [-0.39, 0.29) is 0 Å². The zero-order valence-electron chi connectivity index (χ0n) is 12.6. The SMILES string of the molecule is CCCNCCC(C)(O)c1c(OC)cnn1CCC. The molecule has 0 fully saturated rings. The molecule has 110 valence electrons. The van der Waals surface area contributed by atoms with Gasteiger partial charge in [0.25, 0.3) is 0 Å². The van der Waals surface area contributed by atoms with Crippen molar-refractivity contribution in [1.82, 2.24) is 15.1 Å². The second-order valence-corrected chi connectivity index (χ2v) is 5.06. The fraction of sp³-hybridized carbons (Fsp3) is 0.786. The van der Waals surface area contributed by atoms with Crippen LogP contribution in [0.2, 0.25) is 0 Å². The van der Waals surface area contributed by atoms with Gasteiger partial charge in [0.15, 0.2) is 5.75 Å². The zero-order chi connectivity index (χ0) is 14.3. The van der Waals surface area contributed by atoms with Gasteiger partial charge in [-0.1, -0.05) is 13.8 Å². The topological polar surface area (TPSA) is 59.3 Å². The molecule has 1 aromatic rings. The number of methoxy groups -OCH3 is 1. The van der Waals surface area contributed by atoms with Gasteiger partial charge in [0.2, 0.25) is 0 Å². The van der Waals surface area contributed by atoms with Crippen LogP contribution in [-0.2, 0) is 12.1 Å². The second-order valence-electron chi connectivity index (χ2n) is 5.06. The molecule has 0 aromatic carbocycles. The summed E-state index contributed by atoms with van der Waals surface area (Å²) in [5.74, 6) is 0.661. The van der Waals surface area contributed by atoms with Crippen LogP contribution in [0.1, 0.15) is 45.7 Å². The van der Waals surface area contributed by atoms with Crippen LogP contribution < -0.4 is 10.1 Å². The van der Waals surface area contributed by atoms with E-state index in [9.17, 15) is 5.11 Å². The fourth-order valence-electron chi connectivity index (χ4n) is 2.19. The minimum Gasteiger partial charge on any atom is -0.493 e. The molecule has 5 nitrogen and oxygen atoms in total. The standard InChI is InChI=1S/C14H27N3O2/c1-5-8-15-9-7-14(3,18)13-12(19-4)11-16-17(13)10-6-2/h11,15,18H,5-10H2,1-4H3. The summed E-state index contributed by atoms with van der Waals surface area (Å²) in [5.41, 5.74) is -0.159. The highest BCUT2D eigenvalue weighted by atomic mass is 16.5. The first-order valence-electron chi connectivity index (χ1n) is 7.10. The predicted octanol–water partition coefficient (Wildman–Crippen LogP) is 1.90. The van der Waals surface area contributed by atoms with Crippen LogP contribution in [0.4, 0.5) is 0 Å². The Morgan fingerprint density at radius 2 is 2.11 bits per heavy atom. The lowest BCUT2D eigenvalue weighted by molar-refractivity contribution is 0.0360. The Morgan fingerprint density at radius 1 is 1.37 bits per heavy atom. The number of aromatic nitrogens is 2. The molecule has 0 amide bonds. The van der Waals surface area contributed by atoms with Crippen molar-refractivity contribution in [2.45, 2.75) is 52.2 Å². The Hall–Kier alpha value is -1.07. The van der Waals surface area contributed by atoms with Crippen LogP contribution in [0, 0.1) is 0 Å². The highest BCUT2D eigenvalue weighted by Gasteiger charge is 2.31. The minimum absolute atomic E-state index is 0.638. The molecule has 1 rings (SSSR count). The molecule has 1 aromatic heterocycles. The molecule has 0 aliphatic carbocycles. The van der Waals surface area contributed by atoms with Crippen LogP contribution in [0.3, 0.4) is 0 Å². The van der Waals surface area contributed by atoms with Crippen molar-refractivity contribution in [2.24, 2.45) is 0 Å². The molecule has 0 radical (unpaired) electrons. The number of nitrogens with one attached hydrogen (secondary N) is 1. The molecule has 0 aliphatic rings. The van der Waals surface area contributed by atoms with Gasteiger partial charge >= 0.3 is 0 Å². The van der Waals surface area contributed by atoms with E-state index in [0.717, 1.165) is 38.2 Å². The average Bonchev–Trinajstić information content (AvgIpc) is 2.79. The van der Waals surface area contributed by atoms with Gasteiger partial charge in [0.1, 0.15) is 11.3 Å². The summed E-state index contributed by atoms with van der Waals surface area (Å²) >= 11 is 0. The number of rotatable bonds is 9. The second kappa shape index (κ2) is 7.50. The lowest BCUT2D eigenvalue weighted by Crippen LogP contribution is -2.31. The van der Waals surface area contributed by atoms with E-state index in [1.54, 1.807) is 13.3 Å². The van der Waals surface area contributed by atoms with E-state index >= 15 is 0 Å². The highest BCUT2D eigenvalue weighted by Crippen LogP contribution is 2.32. The van der Waals surface area contributed by atoms with Crippen molar-refractivity contribution in [3.63, 3.8) is 0 Å². The van der Waals surface area contributed by atoms with E-state index in [0.29, 0.717) is 12.2 Å². The Morgan fingerprint density at radius 3 is 2.68 bits per heavy atom. The molecule has 0 spiro atoms. The number of aryl methyl sites for hydroxylation is 1. The van der Waals surface area contributed by atoms with Crippen LogP contribution >= 0.6 is 0 Å². The Labute approximate surface area is 116 Å². The van der Waals surface area contributed by atoms with Crippen LogP contribution in [0.5, 0.6) is 5.75 Å². The maximum absolute atomic E-state index is 10.7. The van der Waals surface area contributed by atoms with Crippen molar-refractivity contribution >= 4 is 0 Å². The summed E-state index contributed by atoms with van der Waals surface area (Å²) in [5, 5.41) is 18.3. The summed E-state index contributed by atoms with van der Waals surface area (Å²) in [6, 6.07) is 0.